The van der Waals surface area contributed by atoms with Crippen molar-refractivity contribution in [3.63, 3.8) is 0 Å². The fourth-order valence-corrected chi connectivity index (χ4v) is 2.64. The van der Waals surface area contributed by atoms with Gasteiger partial charge in [0.05, 0.1) is 12.2 Å². The maximum absolute atomic E-state index is 9.41. The minimum Gasteiger partial charge on any atom is -0.395 e. The van der Waals surface area contributed by atoms with E-state index < -0.39 is 0 Å². The summed E-state index contributed by atoms with van der Waals surface area (Å²) in [5, 5.41) is 23.3. The molecule has 1 aromatic heterocycles. The van der Waals surface area contributed by atoms with Crippen molar-refractivity contribution in [2.75, 3.05) is 6.61 Å². The second-order valence-corrected chi connectivity index (χ2v) is 5.36. The van der Waals surface area contributed by atoms with Crippen LogP contribution >= 0.6 is 11.3 Å². The maximum atomic E-state index is 9.41. The molecule has 0 aliphatic rings. The van der Waals surface area contributed by atoms with Crippen molar-refractivity contribution in [3.8, 4) is 6.07 Å². The van der Waals surface area contributed by atoms with Gasteiger partial charge in [0.2, 0.25) is 0 Å². The van der Waals surface area contributed by atoms with Gasteiger partial charge in [0.15, 0.2) is 0 Å². The van der Waals surface area contributed by atoms with Gasteiger partial charge >= 0.3 is 0 Å². The lowest BCUT2D eigenvalue weighted by Crippen LogP contribution is -2.33. The summed E-state index contributed by atoms with van der Waals surface area (Å²) in [5.74, 6) is 0. The molecule has 2 rings (SSSR count). The second kappa shape index (κ2) is 7.05. The summed E-state index contributed by atoms with van der Waals surface area (Å²) in [6, 6.07) is 14.2. The Balaban J connectivity index is 1.87. The highest BCUT2D eigenvalue weighted by molar-refractivity contribution is 7.10. The number of aliphatic hydroxyl groups excluding tert-OH is 1. The van der Waals surface area contributed by atoms with E-state index in [4.69, 9.17) is 5.26 Å². The van der Waals surface area contributed by atoms with Crippen LogP contribution in [0.3, 0.4) is 0 Å². The SMILES string of the molecule is N#Cc1csc(CNC(CO)Cc2ccccc2)c1. The molecule has 0 amide bonds. The molecule has 1 unspecified atom stereocenters. The maximum Gasteiger partial charge on any atom is 0.100 e. The van der Waals surface area contributed by atoms with Crippen molar-refractivity contribution in [1.29, 1.82) is 5.26 Å². The third-order valence-corrected chi connectivity index (χ3v) is 3.83. The van der Waals surface area contributed by atoms with E-state index >= 15 is 0 Å². The molecule has 0 aliphatic carbocycles. The molecule has 0 spiro atoms. The van der Waals surface area contributed by atoms with Crippen LogP contribution in [0.15, 0.2) is 41.8 Å². The van der Waals surface area contributed by atoms with Crippen LogP contribution in [0.5, 0.6) is 0 Å². The molecule has 0 saturated carbocycles. The zero-order valence-corrected chi connectivity index (χ0v) is 11.4. The Morgan fingerprint density at radius 1 is 1.32 bits per heavy atom. The quantitative estimate of drug-likeness (QED) is 0.848. The molecule has 1 aromatic carbocycles. The van der Waals surface area contributed by atoms with Crippen molar-refractivity contribution in [3.05, 3.63) is 57.8 Å². The Kier molecular flexibility index (Phi) is 5.10. The molecule has 0 saturated heterocycles. The molecule has 1 atom stereocenters. The molecule has 2 N–H and O–H groups in total. The van der Waals surface area contributed by atoms with Crippen LogP contribution in [0.1, 0.15) is 16.0 Å². The van der Waals surface area contributed by atoms with Gasteiger partial charge in [-0.3, -0.25) is 0 Å². The van der Waals surface area contributed by atoms with Crippen LogP contribution in [0, 0.1) is 11.3 Å². The number of hydrogen-bond donors (Lipinski definition) is 2. The number of nitriles is 1. The summed E-state index contributed by atoms with van der Waals surface area (Å²) in [7, 11) is 0. The zero-order chi connectivity index (χ0) is 13.5. The molecule has 0 fully saturated rings. The Labute approximate surface area is 117 Å². The Hall–Kier alpha value is -1.67. The average Bonchev–Trinajstić information content (AvgIpc) is 2.92. The lowest BCUT2D eigenvalue weighted by Gasteiger charge is -2.15. The van der Waals surface area contributed by atoms with Crippen LogP contribution < -0.4 is 5.32 Å². The first-order valence-corrected chi connectivity index (χ1v) is 7.05. The van der Waals surface area contributed by atoms with Gasteiger partial charge in [-0.2, -0.15) is 5.26 Å². The first kappa shape index (κ1) is 13.8. The Morgan fingerprint density at radius 3 is 2.74 bits per heavy atom. The molecule has 0 bridgehead atoms. The largest absolute Gasteiger partial charge is 0.395 e. The van der Waals surface area contributed by atoms with Gasteiger partial charge in [-0.1, -0.05) is 30.3 Å². The number of nitrogens with zero attached hydrogens (tertiary/aromatic N) is 1. The van der Waals surface area contributed by atoms with Gasteiger partial charge < -0.3 is 10.4 Å². The number of nitrogens with one attached hydrogen (secondary N) is 1. The number of aliphatic hydroxyl groups is 1. The van der Waals surface area contributed by atoms with E-state index in [1.807, 2.05) is 29.6 Å². The average molecular weight is 272 g/mol. The van der Waals surface area contributed by atoms with Crippen LogP contribution in [0.4, 0.5) is 0 Å². The highest BCUT2D eigenvalue weighted by atomic mass is 32.1. The smallest absolute Gasteiger partial charge is 0.100 e. The van der Waals surface area contributed by atoms with Crippen molar-refractivity contribution >= 4 is 11.3 Å². The summed E-state index contributed by atoms with van der Waals surface area (Å²) in [5.41, 5.74) is 1.91. The fraction of sp³-hybridized carbons (Fsp3) is 0.267. The number of rotatable bonds is 6. The zero-order valence-electron chi connectivity index (χ0n) is 10.5. The predicted octanol–water partition coefficient (Wildman–Crippen LogP) is 2.31. The third kappa shape index (κ3) is 4.18. The van der Waals surface area contributed by atoms with Crippen molar-refractivity contribution in [2.45, 2.75) is 19.0 Å². The molecule has 19 heavy (non-hydrogen) atoms. The first-order valence-electron chi connectivity index (χ1n) is 6.17. The van der Waals surface area contributed by atoms with Crippen LogP contribution in [0.2, 0.25) is 0 Å². The molecule has 98 valence electrons. The lowest BCUT2D eigenvalue weighted by atomic mass is 10.1. The van der Waals surface area contributed by atoms with E-state index in [0.717, 1.165) is 11.3 Å². The molecular formula is C15H16N2OS. The van der Waals surface area contributed by atoms with Crippen LogP contribution in [0.25, 0.3) is 0 Å². The topological polar surface area (TPSA) is 56.0 Å². The molecule has 1 heterocycles. The summed E-state index contributed by atoms with van der Waals surface area (Å²) in [4.78, 5) is 1.11. The molecule has 3 nitrogen and oxygen atoms in total. The molecule has 0 aliphatic heterocycles. The lowest BCUT2D eigenvalue weighted by molar-refractivity contribution is 0.241. The van der Waals surface area contributed by atoms with Crippen LogP contribution in [-0.4, -0.2) is 17.8 Å². The van der Waals surface area contributed by atoms with Gasteiger partial charge in [-0.25, -0.2) is 0 Å². The van der Waals surface area contributed by atoms with Crippen molar-refractivity contribution in [1.82, 2.24) is 5.32 Å². The number of benzene rings is 1. The van der Waals surface area contributed by atoms with E-state index in [1.165, 1.54) is 5.56 Å². The Morgan fingerprint density at radius 2 is 2.11 bits per heavy atom. The van der Waals surface area contributed by atoms with Gasteiger partial charge in [0, 0.05) is 22.8 Å². The van der Waals surface area contributed by atoms with Gasteiger partial charge in [-0.05, 0) is 18.1 Å². The van der Waals surface area contributed by atoms with Crippen molar-refractivity contribution < 1.29 is 5.11 Å². The number of thiophene rings is 1. The fourth-order valence-electron chi connectivity index (χ4n) is 1.88. The second-order valence-electron chi connectivity index (χ2n) is 4.36. The van der Waals surface area contributed by atoms with Gasteiger partial charge in [0.25, 0.3) is 0 Å². The third-order valence-electron chi connectivity index (χ3n) is 2.89. The summed E-state index contributed by atoms with van der Waals surface area (Å²) in [6.45, 7) is 0.787. The minimum atomic E-state index is 0.0371. The summed E-state index contributed by atoms with van der Waals surface area (Å²) < 4.78 is 0. The molecule has 0 radical (unpaired) electrons. The van der Waals surface area contributed by atoms with Gasteiger partial charge in [-0.15, -0.1) is 11.3 Å². The normalized spacial score (nSPS) is 12.0. The molecule has 4 heteroatoms. The van der Waals surface area contributed by atoms with E-state index in [1.54, 1.807) is 11.3 Å². The molecule has 2 aromatic rings. The summed E-state index contributed by atoms with van der Waals surface area (Å²) in [6.07, 6.45) is 0.799. The molecular weight excluding hydrogens is 256 g/mol. The van der Waals surface area contributed by atoms with E-state index in [0.29, 0.717) is 12.1 Å². The minimum absolute atomic E-state index is 0.0371. The van der Waals surface area contributed by atoms with E-state index in [-0.39, 0.29) is 12.6 Å². The van der Waals surface area contributed by atoms with E-state index in [9.17, 15) is 5.11 Å². The van der Waals surface area contributed by atoms with Crippen molar-refractivity contribution in [2.24, 2.45) is 0 Å². The van der Waals surface area contributed by atoms with E-state index in [2.05, 4.69) is 23.5 Å². The monoisotopic (exact) mass is 272 g/mol. The summed E-state index contributed by atoms with van der Waals surface area (Å²) >= 11 is 1.57. The standard InChI is InChI=1S/C15H16N2OS/c16-8-13-7-15(19-11-13)9-17-14(10-18)6-12-4-2-1-3-5-12/h1-5,7,11,14,17-18H,6,9-10H2. The highest BCUT2D eigenvalue weighted by Gasteiger charge is 2.08. The van der Waals surface area contributed by atoms with Gasteiger partial charge in [0.1, 0.15) is 6.07 Å². The predicted molar refractivity (Wildman–Crippen MR) is 76.9 cm³/mol. The number of hydrogen-bond acceptors (Lipinski definition) is 4. The highest BCUT2D eigenvalue weighted by Crippen LogP contribution is 2.14. The van der Waals surface area contributed by atoms with Crippen LogP contribution in [-0.2, 0) is 13.0 Å². The first-order chi connectivity index (χ1) is 9.31. The Bertz CT molecular complexity index is 545.